The van der Waals surface area contributed by atoms with Gasteiger partial charge in [-0.05, 0) is 18.8 Å². The van der Waals surface area contributed by atoms with Crippen molar-refractivity contribution in [1.29, 1.82) is 0 Å². The van der Waals surface area contributed by atoms with E-state index in [0.29, 0.717) is 31.6 Å². The number of amides is 1. The Morgan fingerprint density at radius 2 is 1.94 bits per heavy atom. The highest BCUT2D eigenvalue weighted by atomic mass is 16.7. The van der Waals surface area contributed by atoms with Crippen molar-refractivity contribution < 1.29 is 14.3 Å². The summed E-state index contributed by atoms with van der Waals surface area (Å²) in [6, 6.07) is 0.306. The molecular formula is C14H25NO3. The van der Waals surface area contributed by atoms with Gasteiger partial charge in [-0.2, -0.15) is 0 Å². The Kier molecular flexibility index (Phi) is 4.62. The lowest BCUT2D eigenvalue weighted by Crippen LogP contribution is -2.44. The molecule has 1 heterocycles. The second-order valence-electron chi connectivity index (χ2n) is 5.67. The molecule has 4 nitrogen and oxygen atoms in total. The van der Waals surface area contributed by atoms with Gasteiger partial charge in [0.1, 0.15) is 0 Å². The predicted octanol–water partition coefficient (Wildman–Crippen LogP) is 2.22. The van der Waals surface area contributed by atoms with Crippen LogP contribution < -0.4 is 5.32 Å². The van der Waals surface area contributed by atoms with Crippen LogP contribution in [-0.4, -0.2) is 30.9 Å². The molecule has 1 atom stereocenters. The number of hydrogen-bond donors (Lipinski definition) is 1. The van der Waals surface area contributed by atoms with Crippen molar-refractivity contribution >= 4 is 5.91 Å². The van der Waals surface area contributed by atoms with Crippen LogP contribution in [0, 0.1) is 5.92 Å². The van der Waals surface area contributed by atoms with E-state index in [-0.39, 0.29) is 11.7 Å². The Labute approximate surface area is 109 Å². The van der Waals surface area contributed by atoms with Crippen LogP contribution in [0.2, 0.25) is 0 Å². The van der Waals surface area contributed by atoms with Crippen molar-refractivity contribution in [2.45, 2.75) is 64.2 Å². The minimum absolute atomic E-state index is 0.193. The van der Waals surface area contributed by atoms with Crippen molar-refractivity contribution in [3.05, 3.63) is 0 Å². The quantitative estimate of drug-likeness (QED) is 0.838. The fourth-order valence-corrected chi connectivity index (χ4v) is 2.74. The van der Waals surface area contributed by atoms with Gasteiger partial charge in [0.05, 0.1) is 13.2 Å². The third kappa shape index (κ3) is 3.45. The summed E-state index contributed by atoms with van der Waals surface area (Å²) in [5.41, 5.74) is 0. The number of rotatable bonds is 4. The second kappa shape index (κ2) is 6.02. The number of nitrogens with one attached hydrogen (secondary N) is 1. The maximum atomic E-state index is 11.8. The van der Waals surface area contributed by atoms with Gasteiger partial charge in [-0.25, -0.2) is 0 Å². The summed E-state index contributed by atoms with van der Waals surface area (Å²) < 4.78 is 11.4. The van der Waals surface area contributed by atoms with Gasteiger partial charge in [0, 0.05) is 25.3 Å². The van der Waals surface area contributed by atoms with Crippen LogP contribution in [0.4, 0.5) is 0 Å². The molecule has 1 saturated heterocycles. The monoisotopic (exact) mass is 255 g/mol. The van der Waals surface area contributed by atoms with E-state index in [2.05, 4.69) is 19.2 Å². The molecule has 1 aliphatic heterocycles. The van der Waals surface area contributed by atoms with Gasteiger partial charge >= 0.3 is 0 Å². The van der Waals surface area contributed by atoms with Crippen LogP contribution in [-0.2, 0) is 14.3 Å². The summed E-state index contributed by atoms with van der Waals surface area (Å²) in [5.74, 6) is 0.345. The smallest absolute Gasteiger partial charge is 0.220 e. The zero-order valence-corrected chi connectivity index (χ0v) is 11.5. The Hall–Kier alpha value is -0.610. The number of carbonyl (C=O) groups excluding carboxylic acids is 1. The van der Waals surface area contributed by atoms with Crippen LogP contribution in [0.1, 0.15) is 52.4 Å². The summed E-state index contributed by atoms with van der Waals surface area (Å²) in [4.78, 5) is 11.8. The van der Waals surface area contributed by atoms with Crippen molar-refractivity contribution in [2.75, 3.05) is 13.2 Å². The summed E-state index contributed by atoms with van der Waals surface area (Å²) in [6.45, 7) is 5.67. The van der Waals surface area contributed by atoms with Crippen LogP contribution >= 0.6 is 0 Å². The number of carbonyl (C=O) groups is 1. The molecule has 0 bridgehead atoms. The molecule has 0 aromatic heterocycles. The molecule has 1 saturated carbocycles. The van der Waals surface area contributed by atoms with E-state index >= 15 is 0 Å². The van der Waals surface area contributed by atoms with Gasteiger partial charge in [0.15, 0.2) is 5.79 Å². The highest BCUT2D eigenvalue weighted by molar-refractivity contribution is 5.76. The molecule has 104 valence electrons. The molecule has 1 N–H and O–H groups in total. The molecule has 2 fully saturated rings. The predicted molar refractivity (Wildman–Crippen MR) is 69.1 cm³/mol. The first-order valence-electron chi connectivity index (χ1n) is 7.21. The van der Waals surface area contributed by atoms with E-state index < -0.39 is 0 Å². The fraction of sp³-hybridized carbons (Fsp3) is 0.929. The first-order valence-corrected chi connectivity index (χ1v) is 7.21. The summed E-state index contributed by atoms with van der Waals surface area (Å²) in [5, 5.41) is 3.14. The van der Waals surface area contributed by atoms with Crippen LogP contribution in [0.3, 0.4) is 0 Å². The second-order valence-corrected chi connectivity index (χ2v) is 5.67. The highest BCUT2D eigenvalue weighted by Crippen LogP contribution is 2.35. The van der Waals surface area contributed by atoms with E-state index in [4.69, 9.17) is 9.47 Å². The Morgan fingerprint density at radius 1 is 1.33 bits per heavy atom. The van der Waals surface area contributed by atoms with Gasteiger partial charge in [0.2, 0.25) is 5.91 Å². The average Bonchev–Trinajstić information content (AvgIpc) is 2.81. The zero-order valence-electron chi connectivity index (χ0n) is 11.5. The summed E-state index contributed by atoms with van der Waals surface area (Å²) in [6.07, 6.45) is 5.44. The molecular weight excluding hydrogens is 230 g/mol. The van der Waals surface area contributed by atoms with Crippen molar-refractivity contribution in [3.8, 4) is 0 Å². The van der Waals surface area contributed by atoms with Crippen molar-refractivity contribution in [1.82, 2.24) is 5.32 Å². The summed E-state index contributed by atoms with van der Waals surface area (Å²) in [7, 11) is 0. The SMILES string of the molecule is CCC(C)CC(=O)NC1CCC2(CC1)OCCO2. The molecule has 0 radical (unpaired) electrons. The van der Waals surface area contributed by atoms with Crippen LogP contribution in [0.5, 0.6) is 0 Å². The third-order valence-electron chi connectivity index (χ3n) is 4.16. The zero-order chi connectivity index (χ0) is 13.0. The molecule has 18 heavy (non-hydrogen) atoms. The Morgan fingerprint density at radius 3 is 2.50 bits per heavy atom. The largest absolute Gasteiger partial charge is 0.353 e. The van der Waals surface area contributed by atoms with Gasteiger partial charge < -0.3 is 14.8 Å². The molecule has 1 spiro atoms. The molecule has 2 aliphatic rings. The average molecular weight is 255 g/mol. The number of ether oxygens (including phenoxy) is 2. The van der Waals surface area contributed by atoms with Crippen molar-refractivity contribution in [3.63, 3.8) is 0 Å². The maximum absolute atomic E-state index is 11.8. The number of hydrogen-bond acceptors (Lipinski definition) is 3. The molecule has 4 heteroatoms. The van der Waals surface area contributed by atoms with E-state index in [1.165, 1.54) is 0 Å². The van der Waals surface area contributed by atoms with E-state index in [9.17, 15) is 4.79 Å². The van der Waals surface area contributed by atoms with E-state index in [1.807, 2.05) is 0 Å². The lowest BCUT2D eigenvalue weighted by Gasteiger charge is -2.35. The van der Waals surface area contributed by atoms with Gasteiger partial charge in [-0.15, -0.1) is 0 Å². The van der Waals surface area contributed by atoms with Crippen LogP contribution in [0.15, 0.2) is 0 Å². The molecule has 1 unspecified atom stereocenters. The summed E-state index contributed by atoms with van der Waals surface area (Å²) >= 11 is 0. The molecule has 2 rings (SSSR count). The van der Waals surface area contributed by atoms with Gasteiger partial charge in [-0.1, -0.05) is 20.3 Å². The lowest BCUT2D eigenvalue weighted by atomic mass is 9.90. The maximum Gasteiger partial charge on any atom is 0.220 e. The standard InChI is InChI=1S/C14H25NO3/c1-3-11(2)10-13(16)15-12-4-6-14(7-5-12)17-8-9-18-14/h11-12H,3-10H2,1-2H3,(H,15,16). The molecule has 0 aromatic carbocycles. The van der Waals surface area contributed by atoms with Gasteiger partial charge in [0.25, 0.3) is 0 Å². The third-order valence-corrected chi connectivity index (χ3v) is 4.16. The topological polar surface area (TPSA) is 47.6 Å². The van der Waals surface area contributed by atoms with E-state index in [1.54, 1.807) is 0 Å². The minimum atomic E-state index is -0.321. The first-order chi connectivity index (χ1) is 8.63. The molecule has 1 amide bonds. The highest BCUT2D eigenvalue weighted by Gasteiger charge is 2.40. The Balaban J connectivity index is 1.71. The fourth-order valence-electron chi connectivity index (χ4n) is 2.74. The van der Waals surface area contributed by atoms with Crippen molar-refractivity contribution in [2.24, 2.45) is 5.92 Å². The van der Waals surface area contributed by atoms with E-state index in [0.717, 1.165) is 32.1 Å². The van der Waals surface area contributed by atoms with Crippen LogP contribution in [0.25, 0.3) is 0 Å². The first kappa shape index (κ1) is 13.8. The van der Waals surface area contributed by atoms with Gasteiger partial charge in [-0.3, -0.25) is 4.79 Å². The normalized spacial score (nSPS) is 25.2. The lowest BCUT2D eigenvalue weighted by molar-refractivity contribution is -0.180. The molecule has 0 aromatic rings. The minimum Gasteiger partial charge on any atom is -0.353 e. The Bertz CT molecular complexity index is 277. The molecule has 1 aliphatic carbocycles.